The van der Waals surface area contributed by atoms with Gasteiger partial charge in [-0.05, 0) is 11.6 Å². The molecule has 74 valence electrons. The molecule has 2 aliphatic rings. The number of rotatable bonds is 1. The summed E-state index contributed by atoms with van der Waals surface area (Å²) in [7, 11) is 0. The summed E-state index contributed by atoms with van der Waals surface area (Å²) in [6, 6.07) is 10.5. The molecular weight excluding hydrogens is 202 g/mol. The third kappa shape index (κ3) is 1.65. The van der Waals surface area contributed by atoms with Gasteiger partial charge in [0.1, 0.15) is 5.37 Å². The smallest absolute Gasteiger partial charge is 0.122 e. The van der Waals surface area contributed by atoms with E-state index in [0.717, 1.165) is 0 Å². The van der Waals surface area contributed by atoms with Crippen LogP contribution < -0.4 is 0 Å². The molecule has 15 heavy (non-hydrogen) atoms. The molecule has 0 saturated heterocycles. The maximum absolute atomic E-state index is 4.72. The van der Waals surface area contributed by atoms with Crippen molar-refractivity contribution in [2.24, 2.45) is 4.99 Å². The molecule has 1 aliphatic carbocycles. The molecule has 1 heterocycles. The molecule has 0 bridgehead atoms. The molecule has 0 saturated carbocycles. The zero-order valence-corrected chi connectivity index (χ0v) is 9.02. The highest BCUT2D eigenvalue weighted by Crippen LogP contribution is 2.41. The van der Waals surface area contributed by atoms with Crippen LogP contribution in [-0.4, -0.2) is 11.0 Å². The van der Waals surface area contributed by atoms with E-state index in [4.69, 9.17) is 4.99 Å². The van der Waals surface area contributed by atoms with E-state index in [2.05, 4.69) is 48.6 Å². The third-order valence-corrected chi connectivity index (χ3v) is 3.91. The van der Waals surface area contributed by atoms with Gasteiger partial charge in [0.15, 0.2) is 0 Å². The predicted molar refractivity (Wildman–Crippen MR) is 66.3 cm³/mol. The second-order valence-electron chi connectivity index (χ2n) is 3.62. The number of benzene rings is 1. The lowest BCUT2D eigenvalue weighted by atomic mass is 10.1. The van der Waals surface area contributed by atoms with Gasteiger partial charge in [0.25, 0.3) is 0 Å². The molecule has 0 spiro atoms. The van der Waals surface area contributed by atoms with Gasteiger partial charge in [-0.15, -0.1) is 11.8 Å². The highest BCUT2D eigenvalue weighted by molar-refractivity contribution is 8.01. The number of hydrogen-bond acceptors (Lipinski definition) is 2. The van der Waals surface area contributed by atoms with Crippen LogP contribution in [-0.2, 0) is 0 Å². The van der Waals surface area contributed by atoms with Crippen molar-refractivity contribution in [3.63, 3.8) is 0 Å². The molecule has 0 aromatic heterocycles. The summed E-state index contributed by atoms with van der Waals surface area (Å²) in [5, 5.41) is 0.735. The van der Waals surface area contributed by atoms with E-state index in [0.29, 0.717) is 5.25 Å². The molecule has 0 amide bonds. The average molecular weight is 213 g/mol. The molecule has 2 heteroatoms. The van der Waals surface area contributed by atoms with Gasteiger partial charge in [0.2, 0.25) is 0 Å². The summed E-state index contributed by atoms with van der Waals surface area (Å²) in [6.07, 6.45) is 8.49. The van der Waals surface area contributed by atoms with Gasteiger partial charge in [-0.3, -0.25) is 4.99 Å². The highest BCUT2D eigenvalue weighted by atomic mass is 32.2. The molecule has 1 aromatic carbocycles. The number of allylic oxidation sites excluding steroid dienone is 3. The lowest BCUT2D eigenvalue weighted by molar-refractivity contribution is 1.05. The zero-order chi connectivity index (χ0) is 10.1. The zero-order valence-electron chi connectivity index (χ0n) is 8.21. The maximum Gasteiger partial charge on any atom is 0.122 e. The standard InChI is InChI=1S/C13H11NS/c1-2-6-10(7-3-1)13-14-11-8-4-5-9-12(11)15-13/h1-9,12-13H. The average Bonchev–Trinajstić information content (AvgIpc) is 2.74. The molecule has 2 unspecified atom stereocenters. The largest absolute Gasteiger partial charge is 0.269 e. The van der Waals surface area contributed by atoms with E-state index < -0.39 is 0 Å². The number of aliphatic imine (C=N–C) groups is 1. The molecule has 2 atom stereocenters. The lowest BCUT2D eigenvalue weighted by Crippen LogP contribution is -2.08. The SMILES string of the molecule is C1=CC2=NC(c3ccccc3)SC2C=C1. The van der Waals surface area contributed by atoms with Crippen molar-refractivity contribution >= 4 is 17.5 Å². The molecule has 1 nitrogen and oxygen atoms in total. The summed E-state index contributed by atoms with van der Waals surface area (Å²) in [5.74, 6) is 0. The van der Waals surface area contributed by atoms with Crippen LogP contribution in [0.1, 0.15) is 10.9 Å². The van der Waals surface area contributed by atoms with Gasteiger partial charge in [0.05, 0.1) is 11.0 Å². The van der Waals surface area contributed by atoms with Crippen molar-refractivity contribution in [2.75, 3.05) is 0 Å². The minimum Gasteiger partial charge on any atom is -0.269 e. The monoisotopic (exact) mass is 213 g/mol. The highest BCUT2D eigenvalue weighted by Gasteiger charge is 2.27. The van der Waals surface area contributed by atoms with Gasteiger partial charge in [-0.2, -0.15) is 0 Å². The topological polar surface area (TPSA) is 12.4 Å². The minimum atomic E-state index is 0.276. The summed E-state index contributed by atoms with van der Waals surface area (Å²) < 4.78 is 0. The molecular formula is C13H11NS. The summed E-state index contributed by atoms with van der Waals surface area (Å²) in [4.78, 5) is 4.72. The van der Waals surface area contributed by atoms with E-state index in [-0.39, 0.29) is 5.37 Å². The molecule has 0 radical (unpaired) electrons. The Bertz CT molecular complexity index is 445. The Hall–Kier alpha value is -1.28. The van der Waals surface area contributed by atoms with Crippen molar-refractivity contribution < 1.29 is 0 Å². The van der Waals surface area contributed by atoms with Crippen molar-refractivity contribution in [3.8, 4) is 0 Å². The first-order chi connectivity index (χ1) is 7.43. The number of hydrogen-bond donors (Lipinski definition) is 0. The van der Waals surface area contributed by atoms with Crippen LogP contribution in [0.15, 0.2) is 59.6 Å². The summed E-state index contributed by atoms with van der Waals surface area (Å²) in [6.45, 7) is 0. The van der Waals surface area contributed by atoms with Crippen molar-refractivity contribution in [1.82, 2.24) is 0 Å². The van der Waals surface area contributed by atoms with E-state index in [1.165, 1.54) is 11.3 Å². The van der Waals surface area contributed by atoms with Crippen LogP contribution in [0.5, 0.6) is 0 Å². The quantitative estimate of drug-likeness (QED) is 0.696. The minimum absolute atomic E-state index is 0.276. The number of thioether (sulfide) groups is 1. The number of nitrogens with zero attached hydrogens (tertiary/aromatic N) is 1. The van der Waals surface area contributed by atoms with E-state index in [1.807, 2.05) is 17.8 Å². The van der Waals surface area contributed by atoms with Crippen LogP contribution in [0, 0.1) is 0 Å². The molecule has 0 N–H and O–H groups in total. The van der Waals surface area contributed by atoms with Crippen molar-refractivity contribution in [3.05, 3.63) is 60.2 Å². The first-order valence-corrected chi connectivity index (χ1v) is 6.01. The molecule has 3 rings (SSSR count). The fraction of sp³-hybridized carbons (Fsp3) is 0.154. The van der Waals surface area contributed by atoms with Crippen molar-refractivity contribution in [1.29, 1.82) is 0 Å². The normalized spacial score (nSPS) is 27.6. The van der Waals surface area contributed by atoms with Gasteiger partial charge < -0.3 is 0 Å². The maximum atomic E-state index is 4.72. The fourth-order valence-corrected chi connectivity index (χ4v) is 3.05. The van der Waals surface area contributed by atoms with Gasteiger partial charge in [-0.25, -0.2) is 0 Å². The predicted octanol–water partition coefficient (Wildman–Crippen LogP) is 3.37. The second-order valence-corrected chi connectivity index (χ2v) is 4.84. The Balaban J connectivity index is 1.91. The van der Waals surface area contributed by atoms with E-state index >= 15 is 0 Å². The Labute approximate surface area is 93.6 Å². The molecule has 1 aromatic rings. The lowest BCUT2D eigenvalue weighted by Gasteiger charge is -2.08. The van der Waals surface area contributed by atoms with Crippen LogP contribution in [0.3, 0.4) is 0 Å². The Morgan fingerprint density at radius 2 is 1.93 bits per heavy atom. The first kappa shape index (κ1) is 8.98. The first-order valence-electron chi connectivity index (χ1n) is 5.06. The van der Waals surface area contributed by atoms with Crippen molar-refractivity contribution in [2.45, 2.75) is 10.6 Å². The van der Waals surface area contributed by atoms with Gasteiger partial charge in [-0.1, -0.05) is 48.6 Å². The second kappa shape index (κ2) is 3.70. The van der Waals surface area contributed by atoms with Gasteiger partial charge in [0, 0.05) is 0 Å². The Morgan fingerprint density at radius 3 is 2.73 bits per heavy atom. The number of fused-ring (bicyclic) bond motifs is 1. The molecule has 1 aliphatic heterocycles. The van der Waals surface area contributed by atoms with Crippen LogP contribution in [0.4, 0.5) is 0 Å². The van der Waals surface area contributed by atoms with Crippen LogP contribution in [0.2, 0.25) is 0 Å². The molecule has 0 fully saturated rings. The van der Waals surface area contributed by atoms with Crippen LogP contribution >= 0.6 is 11.8 Å². The van der Waals surface area contributed by atoms with Gasteiger partial charge >= 0.3 is 0 Å². The Morgan fingerprint density at radius 1 is 1.07 bits per heavy atom. The van der Waals surface area contributed by atoms with E-state index in [1.54, 1.807) is 0 Å². The summed E-state index contributed by atoms with van der Waals surface area (Å²) >= 11 is 1.91. The summed E-state index contributed by atoms with van der Waals surface area (Å²) in [5.41, 5.74) is 2.50. The Kier molecular flexibility index (Phi) is 2.22. The van der Waals surface area contributed by atoms with Crippen LogP contribution in [0.25, 0.3) is 0 Å². The fourth-order valence-electron chi connectivity index (χ4n) is 1.82. The van der Waals surface area contributed by atoms with E-state index in [9.17, 15) is 0 Å². The third-order valence-electron chi connectivity index (χ3n) is 2.58.